The van der Waals surface area contributed by atoms with Crippen LogP contribution in [0.3, 0.4) is 0 Å². The van der Waals surface area contributed by atoms with Gasteiger partial charge in [0.25, 0.3) is 0 Å². The second kappa shape index (κ2) is 21.1. The van der Waals surface area contributed by atoms with Gasteiger partial charge in [0.05, 0.1) is 5.25 Å². The Hall–Kier alpha value is -0.0700. The summed E-state index contributed by atoms with van der Waals surface area (Å²) >= 11 is 0. The van der Waals surface area contributed by atoms with Crippen LogP contribution in [0.15, 0.2) is 18.2 Å². The molecule has 0 spiro atoms. The van der Waals surface area contributed by atoms with Gasteiger partial charge in [0, 0.05) is 0 Å². The van der Waals surface area contributed by atoms with Gasteiger partial charge in [-0.15, -0.1) is 0 Å². The first-order valence-corrected chi connectivity index (χ1v) is 15.1. The Morgan fingerprint density at radius 2 is 1.21 bits per heavy atom. The van der Waals surface area contributed by atoms with Crippen LogP contribution in [-0.4, -0.2) is 24.8 Å². The van der Waals surface area contributed by atoms with E-state index in [9.17, 15) is 13.0 Å². The standard InChI is InChI=1S/C28H50O4S.Na/c1-4-7-9-11-13-15-17-19-25-21-22-27(32-24-28(6-3)33(29,30)31)23-26(25)20-18-16-14-12-10-8-5-2;/h21-23,28H,4-20,24H2,1-3H3,(H,29,30,31);/q;+1/p-1. The molecule has 0 aliphatic rings. The summed E-state index contributed by atoms with van der Waals surface area (Å²) in [5.41, 5.74) is 2.72. The molecule has 0 aromatic heterocycles. The molecule has 0 fully saturated rings. The summed E-state index contributed by atoms with van der Waals surface area (Å²) in [4.78, 5) is 0. The van der Waals surface area contributed by atoms with Crippen molar-refractivity contribution in [2.24, 2.45) is 0 Å². The number of aryl methyl sites for hydroxylation is 2. The quantitative estimate of drug-likeness (QED) is 0.135. The van der Waals surface area contributed by atoms with Crippen molar-refractivity contribution in [3.8, 4) is 5.75 Å². The van der Waals surface area contributed by atoms with E-state index in [0.29, 0.717) is 5.75 Å². The van der Waals surface area contributed by atoms with Gasteiger partial charge in [-0.3, -0.25) is 0 Å². The van der Waals surface area contributed by atoms with E-state index in [4.69, 9.17) is 4.74 Å². The maximum absolute atomic E-state index is 11.4. The third-order valence-electron chi connectivity index (χ3n) is 6.58. The van der Waals surface area contributed by atoms with Crippen molar-refractivity contribution in [1.82, 2.24) is 0 Å². The van der Waals surface area contributed by atoms with E-state index in [2.05, 4.69) is 26.0 Å². The van der Waals surface area contributed by atoms with E-state index in [0.717, 1.165) is 12.8 Å². The van der Waals surface area contributed by atoms with Gasteiger partial charge < -0.3 is 9.29 Å². The largest absolute Gasteiger partial charge is 1.00 e. The minimum atomic E-state index is -4.33. The molecule has 0 bridgehead atoms. The molecule has 0 N–H and O–H groups in total. The Balaban J connectivity index is 0.0000109. The number of rotatable bonds is 21. The molecule has 0 aliphatic heterocycles. The average molecular weight is 505 g/mol. The van der Waals surface area contributed by atoms with Gasteiger partial charge in [-0.05, 0) is 55.4 Å². The van der Waals surface area contributed by atoms with Crippen LogP contribution in [0.5, 0.6) is 5.75 Å². The first-order chi connectivity index (χ1) is 15.9. The summed E-state index contributed by atoms with van der Waals surface area (Å²) in [6, 6.07) is 6.17. The fraction of sp³-hybridized carbons (Fsp3) is 0.786. The van der Waals surface area contributed by atoms with Crippen molar-refractivity contribution in [1.29, 1.82) is 0 Å². The Kier molecular flexibility index (Phi) is 21.0. The summed E-state index contributed by atoms with van der Waals surface area (Å²) in [5, 5.41) is -0.989. The Morgan fingerprint density at radius 1 is 0.735 bits per heavy atom. The zero-order chi connectivity index (χ0) is 24.4. The average Bonchev–Trinajstić information content (AvgIpc) is 2.78. The van der Waals surface area contributed by atoms with Crippen LogP contribution in [0.25, 0.3) is 0 Å². The molecule has 192 valence electrons. The van der Waals surface area contributed by atoms with Crippen LogP contribution in [0.4, 0.5) is 0 Å². The number of hydrogen-bond acceptors (Lipinski definition) is 4. The zero-order valence-electron chi connectivity index (χ0n) is 22.6. The Bertz CT molecular complexity index is 721. The maximum Gasteiger partial charge on any atom is 1.00 e. The molecule has 6 heteroatoms. The maximum atomic E-state index is 11.4. The molecule has 4 nitrogen and oxygen atoms in total. The molecule has 34 heavy (non-hydrogen) atoms. The van der Waals surface area contributed by atoms with Crippen LogP contribution < -0.4 is 34.3 Å². The van der Waals surface area contributed by atoms with Gasteiger partial charge in [-0.25, -0.2) is 8.42 Å². The van der Waals surface area contributed by atoms with E-state index in [1.165, 1.54) is 101 Å². The van der Waals surface area contributed by atoms with Crippen molar-refractivity contribution >= 4 is 10.1 Å². The second-order valence-corrected chi connectivity index (χ2v) is 11.2. The fourth-order valence-electron chi connectivity index (χ4n) is 4.31. The normalized spacial score (nSPS) is 12.4. The van der Waals surface area contributed by atoms with Crippen molar-refractivity contribution in [3.05, 3.63) is 29.3 Å². The third-order valence-corrected chi connectivity index (χ3v) is 7.86. The molecular weight excluding hydrogens is 455 g/mol. The van der Waals surface area contributed by atoms with Gasteiger partial charge in [-0.1, -0.05) is 104 Å². The fourth-order valence-corrected chi connectivity index (χ4v) is 4.95. The van der Waals surface area contributed by atoms with Gasteiger partial charge in [0.2, 0.25) is 0 Å². The van der Waals surface area contributed by atoms with Crippen LogP contribution >= 0.6 is 0 Å². The van der Waals surface area contributed by atoms with E-state index < -0.39 is 15.4 Å². The van der Waals surface area contributed by atoms with Crippen LogP contribution in [0.1, 0.15) is 128 Å². The Labute approximate surface area is 233 Å². The van der Waals surface area contributed by atoms with Crippen LogP contribution in [-0.2, 0) is 23.0 Å². The van der Waals surface area contributed by atoms with Gasteiger partial charge in [0.15, 0.2) is 0 Å². The van der Waals surface area contributed by atoms with Gasteiger partial charge >= 0.3 is 29.6 Å². The zero-order valence-corrected chi connectivity index (χ0v) is 25.4. The van der Waals surface area contributed by atoms with E-state index >= 15 is 0 Å². The summed E-state index contributed by atoms with van der Waals surface area (Å²) in [5.74, 6) is 0.679. The number of ether oxygens (including phenoxy) is 1. The van der Waals surface area contributed by atoms with E-state index in [1.807, 2.05) is 6.07 Å². The third kappa shape index (κ3) is 15.8. The monoisotopic (exact) mass is 504 g/mol. The Morgan fingerprint density at radius 3 is 1.68 bits per heavy atom. The molecule has 0 radical (unpaired) electrons. The summed E-state index contributed by atoms with van der Waals surface area (Å²) in [6.07, 6.45) is 20.5. The molecule has 1 aromatic rings. The molecule has 1 unspecified atom stereocenters. The van der Waals surface area contributed by atoms with Crippen molar-refractivity contribution in [2.45, 2.75) is 135 Å². The van der Waals surface area contributed by atoms with Crippen LogP contribution in [0, 0.1) is 0 Å². The number of hydrogen-bond donors (Lipinski definition) is 0. The van der Waals surface area contributed by atoms with Crippen molar-refractivity contribution < 1.29 is 47.3 Å². The van der Waals surface area contributed by atoms with Crippen molar-refractivity contribution in [2.75, 3.05) is 6.61 Å². The molecule has 0 aliphatic carbocycles. The van der Waals surface area contributed by atoms with E-state index in [-0.39, 0.29) is 42.6 Å². The van der Waals surface area contributed by atoms with E-state index in [1.54, 1.807) is 6.92 Å². The predicted octanol–water partition coefficient (Wildman–Crippen LogP) is 4.98. The minimum absolute atomic E-state index is 0. The van der Waals surface area contributed by atoms with Crippen molar-refractivity contribution in [3.63, 3.8) is 0 Å². The predicted molar refractivity (Wildman–Crippen MR) is 139 cm³/mol. The van der Waals surface area contributed by atoms with Gasteiger partial charge in [0.1, 0.15) is 22.5 Å². The molecule has 0 amide bonds. The number of unbranched alkanes of at least 4 members (excludes halogenated alkanes) is 12. The topological polar surface area (TPSA) is 66.4 Å². The SMILES string of the molecule is CCCCCCCCCc1ccc(OCC(CC)S(=O)(=O)[O-])cc1CCCCCCCCC.[Na+]. The second-order valence-electron chi connectivity index (χ2n) is 9.51. The van der Waals surface area contributed by atoms with Crippen LogP contribution in [0.2, 0.25) is 0 Å². The summed E-state index contributed by atoms with van der Waals surface area (Å²) < 4.78 is 39.9. The first kappa shape index (κ1) is 33.9. The number of benzene rings is 1. The van der Waals surface area contributed by atoms with Gasteiger partial charge in [-0.2, -0.15) is 0 Å². The summed E-state index contributed by atoms with van der Waals surface area (Å²) in [7, 11) is -4.33. The molecule has 1 aromatic carbocycles. The molecular formula is C28H49NaO4S. The smallest absolute Gasteiger partial charge is 0.748 e. The first-order valence-electron chi connectivity index (χ1n) is 13.6. The summed E-state index contributed by atoms with van der Waals surface area (Å²) in [6.45, 7) is 6.14. The molecule has 0 saturated carbocycles. The molecule has 0 saturated heterocycles. The molecule has 1 rings (SSSR count). The molecule has 0 heterocycles. The molecule has 1 atom stereocenters. The minimum Gasteiger partial charge on any atom is -0.748 e.